The van der Waals surface area contributed by atoms with Crippen LogP contribution in [0, 0.1) is 28.6 Å². The molecule has 8 fully saturated rings. The number of pyridine rings is 3. The normalized spacial score (nSPS) is 24.4. The molecule has 27 nitrogen and oxygen atoms in total. The van der Waals surface area contributed by atoms with Crippen molar-refractivity contribution in [2.75, 3.05) is 108 Å². The van der Waals surface area contributed by atoms with Gasteiger partial charge in [0.2, 0.25) is 23.7 Å². The number of aromatic nitrogens is 7. The van der Waals surface area contributed by atoms with Gasteiger partial charge in [-0.15, -0.1) is 0 Å². The second-order valence-electron chi connectivity index (χ2n) is 31.3. The molecular formula is C81H103Cl4N17O10S4. The minimum absolute atomic E-state index is 0.0287. The van der Waals surface area contributed by atoms with Crippen LogP contribution in [-0.4, -0.2) is 208 Å². The number of allylic oxidation sites excluding steroid dienone is 2. The number of hydrogen-bond acceptors (Lipinski definition) is 29. The number of ketones is 2. The monoisotopic (exact) mass is 1740 g/mol. The maximum atomic E-state index is 13.0. The molecule has 1 aromatic carbocycles. The number of amidine groups is 2. The summed E-state index contributed by atoms with van der Waals surface area (Å²) in [6.45, 7) is 23.0. The Balaban J connectivity index is 0.000000135. The van der Waals surface area contributed by atoms with Gasteiger partial charge in [0.25, 0.3) is 11.1 Å². The number of carbonyl (C=O) groups excluding carboxylic acids is 2. The molecule has 116 heavy (non-hydrogen) atoms. The maximum Gasteiger partial charge on any atom is 0.268 e. The van der Waals surface area contributed by atoms with E-state index in [1.54, 1.807) is 84.8 Å². The second-order valence-corrected chi connectivity index (χ2v) is 37.1. The van der Waals surface area contributed by atoms with Gasteiger partial charge in [-0.05, 0) is 129 Å². The molecule has 0 bridgehead atoms. The van der Waals surface area contributed by atoms with Crippen LogP contribution in [0.5, 0.6) is 11.8 Å². The first kappa shape index (κ1) is 87.4. The number of benzene rings is 1. The summed E-state index contributed by atoms with van der Waals surface area (Å²) in [7, 11) is 3.51. The number of aryl methyl sites for hydroxylation is 1. The Morgan fingerprint density at radius 1 is 0.474 bits per heavy atom. The van der Waals surface area contributed by atoms with Crippen molar-refractivity contribution in [1.29, 1.82) is 0 Å². The molecule has 10 aliphatic heterocycles. The van der Waals surface area contributed by atoms with E-state index >= 15 is 0 Å². The number of Topliss-reactive ketones (excluding diaryl/α,β-unsaturated/α-hetero) is 2. The van der Waals surface area contributed by atoms with Crippen molar-refractivity contribution in [3.63, 3.8) is 0 Å². The van der Waals surface area contributed by atoms with E-state index < -0.39 is 0 Å². The second kappa shape index (κ2) is 38.1. The maximum absolute atomic E-state index is 13.0. The lowest BCUT2D eigenvalue weighted by Gasteiger charge is -2.42. The van der Waals surface area contributed by atoms with Crippen LogP contribution in [0.1, 0.15) is 105 Å². The SMILES string of the molecule is CCOc1nccc(SC2=CN=C(N3CCC4(CC3)CO[C@@H](C)[C@H]4N)CC2=O)c1Cl.CCOc1nccc(Sc2cnc(N3CCC4(CC3)CO[C@@H](C)[C@H]4N)n(C)c2=O)c1Cl.Cc1ncccc1SC1=CN=C(N2CCC3(CC2)CO[C@@H](C)[C@H]3N)CC1=O.Cn1c(N2CCC3(CC2)COC[C@H]3N)ncc(Sc2cccc(Cl)c2Cl)c1=O. The number of hydrogen-bond donors (Lipinski definition) is 4. The van der Waals surface area contributed by atoms with Gasteiger partial charge in [0.05, 0.1) is 125 Å². The zero-order chi connectivity index (χ0) is 82.4. The Morgan fingerprint density at radius 2 is 0.871 bits per heavy atom. The predicted molar refractivity (Wildman–Crippen MR) is 459 cm³/mol. The highest BCUT2D eigenvalue weighted by molar-refractivity contribution is 8.04. The predicted octanol–water partition coefficient (Wildman–Crippen LogP) is 11.7. The van der Waals surface area contributed by atoms with Crippen molar-refractivity contribution < 1.29 is 38.0 Å². The number of likely N-dealkylation sites (tertiary alicyclic amines) is 2. The molecule has 4 spiro atoms. The lowest BCUT2D eigenvalue weighted by Crippen LogP contribution is -2.52. The van der Waals surface area contributed by atoms with Crippen molar-refractivity contribution in [1.82, 2.24) is 43.9 Å². The van der Waals surface area contributed by atoms with Crippen LogP contribution in [0.25, 0.3) is 0 Å². The number of piperidine rings is 4. The van der Waals surface area contributed by atoms with Gasteiger partial charge in [-0.1, -0.05) is 99.5 Å². The molecule has 0 radical (unpaired) electrons. The smallest absolute Gasteiger partial charge is 0.268 e. The van der Waals surface area contributed by atoms with Crippen molar-refractivity contribution in [3.8, 4) is 11.8 Å². The fourth-order valence-electron chi connectivity index (χ4n) is 16.7. The summed E-state index contributed by atoms with van der Waals surface area (Å²) in [5.41, 5.74) is 26.4. The van der Waals surface area contributed by atoms with Crippen molar-refractivity contribution in [2.45, 2.75) is 178 Å². The quantitative estimate of drug-likeness (QED) is 0.0787. The number of rotatable bonds is 14. The fourth-order valence-corrected chi connectivity index (χ4v) is 21.2. The highest BCUT2D eigenvalue weighted by Crippen LogP contribution is 2.47. The Hall–Kier alpha value is -6.37. The number of nitrogens with zero attached hydrogens (tertiary/aromatic N) is 13. The van der Waals surface area contributed by atoms with Gasteiger partial charge in [0.15, 0.2) is 11.6 Å². The van der Waals surface area contributed by atoms with E-state index in [0.29, 0.717) is 108 Å². The van der Waals surface area contributed by atoms with Gasteiger partial charge in [0.1, 0.15) is 21.7 Å². The van der Waals surface area contributed by atoms with Crippen LogP contribution in [0.4, 0.5) is 11.9 Å². The zero-order valence-electron chi connectivity index (χ0n) is 66.7. The van der Waals surface area contributed by atoms with Crippen LogP contribution < -0.4 is 53.3 Å². The first-order chi connectivity index (χ1) is 55.7. The zero-order valence-corrected chi connectivity index (χ0v) is 72.9. The molecular weight excluding hydrogens is 1640 g/mol. The van der Waals surface area contributed by atoms with Crippen LogP contribution >= 0.6 is 93.5 Å². The third-order valence-corrected chi connectivity index (χ3v) is 30.7. The van der Waals surface area contributed by atoms with Crippen molar-refractivity contribution >= 4 is 129 Å². The first-order valence-electron chi connectivity index (χ1n) is 39.5. The Kier molecular flexibility index (Phi) is 28.8. The highest BCUT2D eigenvalue weighted by Gasteiger charge is 2.51. The lowest BCUT2D eigenvalue weighted by atomic mass is 9.73. The molecule has 0 amide bonds. The molecule has 0 unspecified atom stereocenters. The van der Waals surface area contributed by atoms with E-state index in [0.717, 1.165) is 156 Å². The Labute approximate surface area is 713 Å². The third-order valence-electron chi connectivity index (χ3n) is 24.4. The molecule has 35 heteroatoms. The summed E-state index contributed by atoms with van der Waals surface area (Å²) in [4.78, 5) is 96.5. The molecule has 7 atom stereocenters. The summed E-state index contributed by atoms with van der Waals surface area (Å²) < 4.78 is 37.1. The van der Waals surface area contributed by atoms with E-state index in [4.69, 9.17) is 97.8 Å². The standard InChI is InChI=1S/C21H28ClN5O3S.C21H27ClN4O3S.C20H26N4O2S.C19H22Cl2N4O2S/c1-4-29-18-16(22)14(5-8-24-18)31-15-11-25-20(26(3)19(15)28)27-9-6-21(7-10-27)12-30-13(2)17(21)23;1-3-28-20-18(22)15(4-7-24-20)30-16-11-25-17(10-14(16)27)26-8-5-21(6-9-26)12-29-13(2)19(21)23;1-13-16(4-3-7-22-13)27-17-11-23-18(10-15(17)25)24-8-5-20(6-9-24)12-26-14(2)19(20)21;1-24-17(26)14(28-13-4-2-3-12(20)16(13)21)9-23-18(24)25-7-5-19(6-8-25)11-27-10-15(19)22/h5,8,11,13,17H,4,6-7,9-10,12,23H2,1-3H3;4,7,11,13,19H,3,5-6,8-10,12,23H2,1-2H3;3-4,7,11,14,19H,5-6,8-10,12,21H2,1-2H3;2-4,9,15H,5-8,10-11,22H2,1H3/t13-,17+;13-,19+;14-,19+;15-/m0001/s1. The van der Waals surface area contributed by atoms with Crippen molar-refractivity contribution in [2.24, 2.45) is 68.7 Å². The number of thioether (sulfide) groups is 2. The van der Waals surface area contributed by atoms with E-state index in [-0.39, 0.29) is 86.8 Å². The summed E-state index contributed by atoms with van der Waals surface area (Å²) in [6, 6.07) is 13.1. The van der Waals surface area contributed by atoms with E-state index in [1.165, 1.54) is 47.0 Å². The molecule has 8 N–H and O–H groups in total. The number of anilines is 2. The number of ether oxygens (including phenoxy) is 6. The van der Waals surface area contributed by atoms with Gasteiger partial charge < -0.3 is 71.0 Å². The van der Waals surface area contributed by atoms with Gasteiger partial charge in [0, 0.05) is 163 Å². The van der Waals surface area contributed by atoms with Gasteiger partial charge >= 0.3 is 0 Å². The Bertz CT molecular complexity index is 4820. The summed E-state index contributed by atoms with van der Waals surface area (Å²) in [5.74, 6) is 3.96. The van der Waals surface area contributed by atoms with Crippen LogP contribution in [0.15, 0.2) is 145 Å². The van der Waals surface area contributed by atoms with Crippen LogP contribution in [0.2, 0.25) is 20.1 Å². The third kappa shape index (κ3) is 19.0. The molecule has 16 rings (SSSR count). The van der Waals surface area contributed by atoms with E-state index in [9.17, 15) is 19.2 Å². The fraction of sp³-hybridized carbons (Fsp3) is 0.543. The largest absolute Gasteiger partial charge is 0.477 e. The molecule has 0 saturated carbocycles. The molecule has 10 aliphatic rings. The molecule has 8 saturated heterocycles. The summed E-state index contributed by atoms with van der Waals surface area (Å²) >= 11 is 30.4. The average Bonchev–Trinajstić information content (AvgIpc) is 1.54. The van der Waals surface area contributed by atoms with E-state index in [2.05, 4.69) is 61.4 Å². The van der Waals surface area contributed by atoms with Crippen LogP contribution in [0.3, 0.4) is 0 Å². The minimum atomic E-state index is -0.115. The number of aliphatic imine (C=N–C) groups is 2. The van der Waals surface area contributed by atoms with Gasteiger partial charge in [-0.2, -0.15) is 0 Å². The summed E-state index contributed by atoms with van der Waals surface area (Å²) in [5, 5.41) is 1.71. The highest BCUT2D eigenvalue weighted by atomic mass is 35.5. The average molecular weight is 1740 g/mol. The van der Waals surface area contributed by atoms with Gasteiger partial charge in [-0.25, -0.2) is 29.9 Å². The molecule has 624 valence electrons. The summed E-state index contributed by atoms with van der Waals surface area (Å²) in [6.07, 6.45) is 20.3. The first-order valence-corrected chi connectivity index (χ1v) is 44.3. The van der Waals surface area contributed by atoms with Gasteiger partial charge in [-0.3, -0.25) is 33.3 Å². The topological polar surface area (TPSA) is 340 Å². The number of nitrogens with two attached hydrogens (primary N) is 4. The lowest BCUT2D eigenvalue weighted by molar-refractivity contribution is -0.114. The molecule has 15 heterocycles. The van der Waals surface area contributed by atoms with E-state index in [1.807, 2.05) is 58.9 Å². The molecule has 0 aliphatic carbocycles. The molecule has 5 aromatic heterocycles. The Morgan fingerprint density at radius 3 is 1.26 bits per heavy atom. The van der Waals surface area contributed by atoms with Crippen molar-refractivity contribution in [3.05, 3.63) is 142 Å². The minimum Gasteiger partial charge on any atom is -0.477 e. The number of halogens is 4. The number of carbonyl (C=O) groups is 2. The van der Waals surface area contributed by atoms with Crippen LogP contribution in [-0.2, 0) is 42.6 Å². The molecule has 6 aromatic rings.